The normalized spacial score (nSPS) is 39.6. The number of rotatable bonds is 2. The zero-order valence-electron chi connectivity index (χ0n) is 12.3. The van der Waals surface area contributed by atoms with Crippen molar-refractivity contribution < 1.29 is 14.7 Å². The van der Waals surface area contributed by atoms with Crippen LogP contribution >= 0.6 is 0 Å². The predicted molar refractivity (Wildman–Crippen MR) is 74.4 cm³/mol. The summed E-state index contributed by atoms with van der Waals surface area (Å²) in [6.07, 6.45) is 5.60. The lowest BCUT2D eigenvalue weighted by Gasteiger charge is -2.34. The van der Waals surface area contributed by atoms with Crippen LogP contribution in [0.3, 0.4) is 0 Å². The number of carbonyl (C=O) groups excluding carboxylic acids is 1. The second-order valence-electron chi connectivity index (χ2n) is 6.56. The Morgan fingerprint density at radius 3 is 2.50 bits per heavy atom. The van der Waals surface area contributed by atoms with Crippen molar-refractivity contribution in [2.24, 2.45) is 5.92 Å². The molecule has 3 fully saturated rings. The molecule has 20 heavy (non-hydrogen) atoms. The first-order chi connectivity index (χ1) is 9.54. The first kappa shape index (κ1) is 13.7. The molecular weight excluding hydrogens is 256 g/mol. The molecule has 5 nitrogen and oxygen atoms in total. The van der Waals surface area contributed by atoms with Gasteiger partial charge >= 0.3 is 12.0 Å². The lowest BCUT2D eigenvalue weighted by Crippen LogP contribution is -2.50. The summed E-state index contributed by atoms with van der Waals surface area (Å²) in [7, 11) is 0. The standard InChI is InChI=1S/C15H24N2O3/c1-3-10-5-4-9(2)16(10)15(20)17-11-6-7-13(17)12(8-11)14(18)19/h9-13H,3-8H2,1-2H3,(H,18,19). The molecule has 0 saturated carbocycles. The van der Waals surface area contributed by atoms with Crippen molar-refractivity contribution in [1.29, 1.82) is 0 Å². The van der Waals surface area contributed by atoms with E-state index in [9.17, 15) is 14.7 Å². The summed E-state index contributed by atoms with van der Waals surface area (Å²) < 4.78 is 0. The molecule has 5 unspecified atom stereocenters. The third-order valence-corrected chi connectivity index (χ3v) is 5.55. The summed E-state index contributed by atoms with van der Waals surface area (Å²) in [5, 5.41) is 9.30. The molecule has 0 aromatic heterocycles. The maximum Gasteiger partial charge on any atom is 0.321 e. The second kappa shape index (κ2) is 4.93. The number of urea groups is 1. The molecule has 3 aliphatic heterocycles. The van der Waals surface area contributed by atoms with E-state index in [0.29, 0.717) is 12.5 Å². The molecule has 2 amide bonds. The van der Waals surface area contributed by atoms with Crippen LogP contribution < -0.4 is 0 Å². The first-order valence-electron chi connectivity index (χ1n) is 7.88. The van der Waals surface area contributed by atoms with E-state index in [1.165, 1.54) is 0 Å². The number of nitrogens with zero attached hydrogens (tertiary/aromatic N) is 2. The smallest absolute Gasteiger partial charge is 0.321 e. The molecule has 3 saturated heterocycles. The van der Waals surface area contributed by atoms with Gasteiger partial charge < -0.3 is 14.9 Å². The number of amides is 2. The third-order valence-electron chi connectivity index (χ3n) is 5.55. The van der Waals surface area contributed by atoms with Crippen molar-refractivity contribution >= 4 is 12.0 Å². The fraction of sp³-hybridized carbons (Fsp3) is 0.867. The van der Waals surface area contributed by atoms with E-state index in [2.05, 4.69) is 13.8 Å². The molecule has 0 aromatic carbocycles. The molecule has 5 heteroatoms. The molecule has 3 aliphatic rings. The monoisotopic (exact) mass is 280 g/mol. The van der Waals surface area contributed by atoms with Gasteiger partial charge in [0.25, 0.3) is 0 Å². The number of hydrogen-bond acceptors (Lipinski definition) is 2. The van der Waals surface area contributed by atoms with E-state index >= 15 is 0 Å². The summed E-state index contributed by atoms with van der Waals surface area (Å²) in [6, 6.07) is 0.795. The Balaban J connectivity index is 1.79. The Kier molecular flexibility index (Phi) is 3.38. The van der Waals surface area contributed by atoms with Gasteiger partial charge in [0.15, 0.2) is 0 Å². The molecule has 3 rings (SSSR count). The molecule has 112 valence electrons. The largest absolute Gasteiger partial charge is 0.481 e. The van der Waals surface area contributed by atoms with Crippen LogP contribution in [0.25, 0.3) is 0 Å². The number of hydrogen-bond donors (Lipinski definition) is 1. The first-order valence-corrected chi connectivity index (χ1v) is 7.88. The fourth-order valence-electron chi connectivity index (χ4n) is 4.50. The lowest BCUT2D eigenvalue weighted by molar-refractivity contribution is -0.142. The van der Waals surface area contributed by atoms with Gasteiger partial charge in [-0.1, -0.05) is 6.92 Å². The Hall–Kier alpha value is -1.26. The average Bonchev–Trinajstić information content (AvgIpc) is 3.09. The molecular formula is C15H24N2O3. The van der Waals surface area contributed by atoms with Crippen molar-refractivity contribution in [2.75, 3.05) is 0 Å². The summed E-state index contributed by atoms with van der Waals surface area (Å²) >= 11 is 0. The van der Waals surface area contributed by atoms with Crippen molar-refractivity contribution in [3.05, 3.63) is 0 Å². The van der Waals surface area contributed by atoms with Gasteiger partial charge in [-0.25, -0.2) is 4.79 Å². The highest BCUT2D eigenvalue weighted by molar-refractivity contribution is 5.80. The van der Waals surface area contributed by atoms with E-state index in [4.69, 9.17) is 0 Å². The molecule has 1 N–H and O–H groups in total. The van der Waals surface area contributed by atoms with Crippen LogP contribution in [0, 0.1) is 5.92 Å². The van der Waals surface area contributed by atoms with Crippen molar-refractivity contribution in [3.63, 3.8) is 0 Å². The zero-order chi connectivity index (χ0) is 14.4. The molecule has 5 atom stereocenters. The zero-order valence-corrected chi connectivity index (χ0v) is 12.3. The number of carbonyl (C=O) groups is 2. The summed E-state index contributed by atoms with van der Waals surface area (Å²) in [5.74, 6) is -1.09. The van der Waals surface area contributed by atoms with Crippen LogP contribution in [-0.4, -0.2) is 51.1 Å². The van der Waals surface area contributed by atoms with Gasteiger partial charge in [0, 0.05) is 24.2 Å². The highest BCUT2D eigenvalue weighted by Gasteiger charge is 2.53. The SMILES string of the molecule is CCC1CCC(C)N1C(=O)N1C2CCC1C(C(=O)O)C2. The summed E-state index contributed by atoms with van der Waals surface area (Å²) in [5.41, 5.74) is 0. The average molecular weight is 280 g/mol. The lowest BCUT2D eigenvalue weighted by atomic mass is 9.89. The minimum atomic E-state index is -0.739. The van der Waals surface area contributed by atoms with Gasteiger partial charge in [-0.05, 0) is 45.4 Å². The minimum Gasteiger partial charge on any atom is -0.481 e. The molecule has 2 bridgehead atoms. The van der Waals surface area contributed by atoms with Gasteiger partial charge in [-0.15, -0.1) is 0 Å². The molecule has 0 radical (unpaired) electrons. The number of fused-ring (bicyclic) bond motifs is 2. The van der Waals surface area contributed by atoms with Crippen LogP contribution in [0.15, 0.2) is 0 Å². The van der Waals surface area contributed by atoms with E-state index in [1.54, 1.807) is 0 Å². The number of carboxylic acid groups (broad SMARTS) is 1. The molecule has 3 heterocycles. The van der Waals surface area contributed by atoms with Crippen molar-refractivity contribution in [3.8, 4) is 0 Å². The topological polar surface area (TPSA) is 60.9 Å². The Labute approximate surface area is 119 Å². The van der Waals surface area contributed by atoms with E-state index in [-0.39, 0.29) is 30.1 Å². The van der Waals surface area contributed by atoms with Crippen LogP contribution in [0.5, 0.6) is 0 Å². The predicted octanol–water partition coefficient (Wildman–Crippen LogP) is 2.31. The third kappa shape index (κ3) is 1.90. The van der Waals surface area contributed by atoms with Gasteiger partial charge in [0.1, 0.15) is 0 Å². The fourth-order valence-corrected chi connectivity index (χ4v) is 4.50. The number of likely N-dealkylation sites (tertiary alicyclic amines) is 1. The maximum atomic E-state index is 12.9. The van der Waals surface area contributed by atoms with Crippen LogP contribution in [0.1, 0.15) is 52.4 Å². The Bertz CT molecular complexity index is 425. The molecule has 0 spiro atoms. The van der Waals surface area contributed by atoms with E-state index in [0.717, 1.165) is 32.1 Å². The second-order valence-corrected chi connectivity index (χ2v) is 6.56. The van der Waals surface area contributed by atoms with Gasteiger partial charge in [-0.3, -0.25) is 4.79 Å². The summed E-state index contributed by atoms with van der Waals surface area (Å²) in [6.45, 7) is 4.24. The highest BCUT2D eigenvalue weighted by Crippen LogP contribution is 2.43. The van der Waals surface area contributed by atoms with Gasteiger partial charge in [0.05, 0.1) is 5.92 Å². The quantitative estimate of drug-likeness (QED) is 0.844. The van der Waals surface area contributed by atoms with Crippen LogP contribution in [0.4, 0.5) is 4.79 Å². The Morgan fingerprint density at radius 1 is 1.15 bits per heavy atom. The Morgan fingerprint density at radius 2 is 1.90 bits per heavy atom. The van der Waals surface area contributed by atoms with Crippen molar-refractivity contribution in [2.45, 2.75) is 76.5 Å². The maximum absolute atomic E-state index is 12.9. The highest BCUT2D eigenvalue weighted by atomic mass is 16.4. The minimum absolute atomic E-state index is 0.0738. The van der Waals surface area contributed by atoms with E-state index in [1.807, 2.05) is 9.80 Å². The van der Waals surface area contributed by atoms with E-state index < -0.39 is 5.97 Å². The van der Waals surface area contributed by atoms with Crippen molar-refractivity contribution in [1.82, 2.24) is 9.80 Å². The van der Waals surface area contributed by atoms with Crippen LogP contribution in [0.2, 0.25) is 0 Å². The number of aliphatic carboxylic acids is 1. The number of carboxylic acids is 1. The van der Waals surface area contributed by atoms with Gasteiger partial charge in [0.2, 0.25) is 0 Å². The molecule has 0 aromatic rings. The molecule has 0 aliphatic carbocycles. The van der Waals surface area contributed by atoms with Crippen LogP contribution in [-0.2, 0) is 4.79 Å². The summed E-state index contributed by atoms with van der Waals surface area (Å²) in [4.78, 5) is 28.2. The van der Waals surface area contributed by atoms with Gasteiger partial charge in [-0.2, -0.15) is 0 Å².